The summed E-state index contributed by atoms with van der Waals surface area (Å²) in [6.07, 6.45) is 0.289. The quantitative estimate of drug-likeness (QED) is 0.672. The predicted molar refractivity (Wildman–Crippen MR) is 82.1 cm³/mol. The normalized spacial score (nSPS) is 18.6. The molecule has 4 heteroatoms. The first-order valence-electron chi connectivity index (χ1n) is 7.06. The number of rotatable bonds is 0. The molecule has 1 aromatic rings. The molecule has 110 valence electrons. The van der Waals surface area contributed by atoms with E-state index in [4.69, 9.17) is 8.85 Å². The average molecular weight is 292 g/mol. The van der Waals surface area contributed by atoms with E-state index >= 15 is 0 Å². The second-order valence-electron chi connectivity index (χ2n) is 7.48. The first-order valence-corrected chi connectivity index (χ1v) is 8.87. The van der Waals surface area contributed by atoms with Gasteiger partial charge in [-0.3, -0.25) is 4.79 Å². The smallest absolute Gasteiger partial charge is 0.473 e. The van der Waals surface area contributed by atoms with Crippen LogP contribution in [0.2, 0.25) is 10.1 Å². The summed E-state index contributed by atoms with van der Waals surface area (Å²) in [5.41, 5.74) is 0.917. The molecule has 0 aromatic heterocycles. The number of carbonyl (C=O) groups is 1. The number of fused-ring (bicyclic) bond motifs is 1. The molecule has 0 unspecified atom stereocenters. The van der Waals surface area contributed by atoms with Crippen molar-refractivity contribution in [2.45, 2.75) is 58.0 Å². The summed E-state index contributed by atoms with van der Waals surface area (Å²) in [6.45, 7) is 12.6. The Morgan fingerprint density at radius 1 is 0.950 bits per heavy atom. The zero-order valence-corrected chi connectivity index (χ0v) is 14.2. The van der Waals surface area contributed by atoms with Gasteiger partial charge in [-0.15, -0.1) is 0 Å². The molecule has 0 amide bonds. The maximum Gasteiger partial charge on any atom is 0.473 e. The molecule has 0 aliphatic carbocycles. The molecule has 1 heterocycles. The first kappa shape index (κ1) is 15.1. The van der Waals surface area contributed by atoms with Crippen molar-refractivity contribution >= 4 is 14.5 Å². The number of hydrogen-bond acceptors (Lipinski definition) is 3. The first-order chi connectivity index (χ1) is 9.07. The van der Waals surface area contributed by atoms with Crippen LogP contribution < -0.4 is 4.43 Å². The fourth-order valence-electron chi connectivity index (χ4n) is 3.01. The highest BCUT2D eigenvalue weighted by molar-refractivity contribution is 6.75. The van der Waals surface area contributed by atoms with Crippen LogP contribution >= 0.6 is 0 Å². The second kappa shape index (κ2) is 4.62. The van der Waals surface area contributed by atoms with Gasteiger partial charge in [0.1, 0.15) is 5.75 Å². The lowest BCUT2D eigenvalue weighted by Crippen LogP contribution is -2.60. The van der Waals surface area contributed by atoms with Crippen LogP contribution in [0.1, 0.15) is 47.1 Å². The van der Waals surface area contributed by atoms with Crippen LogP contribution in [-0.2, 0) is 15.6 Å². The summed E-state index contributed by atoms with van der Waals surface area (Å²) < 4.78 is 12.4. The number of benzene rings is 1. The molecule has 0 N–H and O–H groups in total. The Kier molecular flexibility index (Phi) is 3.49. The lowest BCUT2D eigenvalue weighted by Gasteiger charge is -2.46. The van der Waals surface area contributed by atoms with Gasteiger partial charge in [0.15, 0.2) is 0 Å². The minimum absolute atomic E-state index is 0.175. The van der Waals surface area contributed by atoms with Crippen LogP contribution in [0.25, 0.3) is 0 Å². The summed E-state index contributed by atoms with van der Waals surface area (Å²) in [5.74, 6) is 0.626. The molecular weight excluding hydrogens is 268 g/mol. The highest BCUT2D eigenvalue weighted by atomic mass is 28.4. The van der Waals surface area contributed by atoms with Crippen LogP contribution in [0.3, 0.4) is 0 Å². The highest BCUT2D eigenvalue weighted by Gasteiger charge is 2.63. The Morgan fingerprint density at radius 2 is 1.50 bits per heavy atom. The van der Waals surface area contributed by atoms with E-state index < -0.39 is 8.56 Å². The number of hydrogen-bond donors (Lipinski definition) is 0. The summed E-state index contributed by atoms with van der Waals surface area (Å²) in [6, 6.07) is 7.75. The van der Waals surface area contributed by atoms with E-state index in [0.29, 0.717) is 0 Å². The molecule has 1 aromatic carbocycles. The van der Waals surface area contributed by atoms with Crippen molar-refractivity contribution in [2.75, 3.05) is 0 Å². The maximum atomic E-state index is 12.3. The van der Waals surface area contributed by atoms with E-state index in [0.717, 1.165) is 11.3 Å². The lowest BCUT2D eigenvalue weighted by molar-refractivity contribution is -0.135. The summed E-state index contributed by atoms with van der Waals surface area (Å²) >= 11 is 0. The van der Waals surface area contributed by atoms with E-state index in [1.54, 1.807) is 0 Å². The van der Waals surface area contributed by atoms with Gasteiger partial charge in [0.25, 0.3) is 5.97 Å². The van der Waals surface area contributed by atoms with Gasteiger partial charge in [-0.05, 0) is 6.07 Å². The van der Waals surface area contributed by atoms with Crippen LogP contribution in [0, 0.1) is 0 Å². The van der Waals surface area contributed by atoms with E-state index in [2.05, 4.69) is 41.5 Å². The van der Waals surface area contributed by atoms with Crippen LogP contribution in [-0.4, -0.2) is 14.5 Å². The topological polar surface area (TPSA) is 35.5 Å². The second-order valence-corrected chi connectivity index (χ2v) is 12.1. The Balaban J connectivity index is 2.62. The number of carbonyl (C=O) groups excluding carboxylic acids is 1. The molecule has 1 aliphatic heterocycles. The Hall–Kier alpha value is -1.29. The van der Waals surface area contributed by atoms with Crippen LogP contribution in [0.15, 0.2) is 24.3 Å². The van der Waals surface area contributed by atoms with Gasteiger partial charge in [-0.25, -0.2) is 0 Å². The van der Waals surface area contributed by atoms with Gasteiger partial charge in [-0.1, -0.05) is 59.7 Å². The van der Waals surface area contributed by atoms with Crippen molar-refractivity contribution in [3.05, 3.63) is 29.8 Å². The van der Waals surface area contributed by atoms with Crippen molar-refractivity contribution in [1.29, 1.82) is 0 Å². The molecule has 2 rings (SSSR count). The molecule has 0 bridgehead atoms. The third-order valence-electron chi connectivity index (χ3n) is 3.79. The van der Waals surface area contributed by atoms with Crippen molar-refractivity contribution < 1.29 is 13.6 Å². The van der Waals surface area contributed by atoms with Crippen molar-refractivity contribution in [1.82, 2.24) is 0 Å². The third kappa shape index (κ3) is 2.37. The molecule has 0 spiro atoms. The Labute approximate surface area is 122 Å². The molecule has 1 aliphatic rings. The standard InChI is InChI=1S/C16H24O3Si/c1-15(2,3)20(16(4,5)6)18-13-10-8-7-9-12(13)11-14(17)19-20/h7-10H,11H2,1-6H3. The van der Waals surface area contributed by atoms with Gasteiger partial charge >= 0.3 is 8.56 Å². The molecule has 0 fully saturated rings. The predicted octanol–water partition coefficient (Wildman–Crippen LogP) is 4.21. The third-order valence-corrected chi connectivity index (χ3v) is 8.77. The van der Waals surface area contributed by atoms with E-state index in [1.807, 2.05) is 24.3 Å². The van der Waals surface area contributed by atoms with Crippen molar-refractivity contribution in [3.63, 3.8) is 0 Å². The SMILES string of the molecule is CC(C)(C)[Si]1(C(C)(C)C)OC(=O)Cc2ccccc2O1. The summed E-state index contributed by atoms with van der Waals surface area (Å²) in [7, 11) is -2.80. The van der Waals surface area contributed by atoms with E-state index in [9.17, 15) is 4.79 Å². The van der Waals surface area contributed by atoms with Crippen molar-refractivity contribution in [2.24, 2.45) is 0 Å². The number of para-hydroxylation sites is 1. The molecule has 20 heavy (non-hydrogen) atoms. The largest absolute Gasteiger partial charge is 0.511 e. The molecule has 0 saturated carbocycles. The zero-order valence-electron chi connectivity index (χ0n) is 13.2. The molecule has 0 saturated heterocycles. The molecule has 3 nitrogen and oxygen atoms in total. The Bertz CT molecular complexity index is 509. The molecule has 0 atom stereocenters. The van der Waals surface area contributed by atoms with Gasteiger partial charge in [0.2, 0.25) is 0 Å². The zero-order chi connectivity index (χ0) is 15.2. The minimum Gasteiger partial charge on any atom is -0.511 e. The highest BCUT2D eigenvalue weighted by Crippen LogP contribution is 2.53. The van der Waals surface area contributed by atoms with Crippen LogP contribution in [0.5, 0.6) is 5.75 Å². The molecular formula is C16H24O3Si. The maximum absolute atomic E-state index is 12.3. The summed E-state index contributed by atoms with van der Waals surface area (Å²) in [4.78, 5) is 12.3. The van der Waals surface area contributed by atoms with E-state index in [-0.39, 0.29) is 22.5 Å². The summed E-state index contributed by atoms with van der Waals surface area (Å²) in [5, 5.41) is -0.420. The van der Waals surface area contributed by atoms with Crippen LogP contribution in [0.4, 0.5) is 0 Å². The molecule has 0 radical (unpaired) electrons. The monoisotopic (exact) mass is 292 g/mol. The minimum atomic E-state index is -2.80. The van der Waals surface area contributed by atoms with Gasteiger partial charge < -0.3 is 8.85 Å². The van der Waals surface area contributed by atoms with Gasteiger partial charge in [0, 0.05) is 15.6 Å². The van der Waals surface area contributed by atoms with Crippen molar-refractivity contribution in [3.8, 4) is 5.75 Å². The lowest BCUT2D eigenvalue weighted by atomic mass is 10.1. The average Bonchev–Trinajstić information content (AvgIpc) is 2.43. The fraction of sp³-hybridized carbons (Fsp3) is 0.562. The van der Waals surface area contributed by atoms with Gasteiger partial charge in [-0.2, -0.15) is 0 Å². The fourth-order valence-corrected chi connectivity index (χ4v) is 7.43. The van der Waals surface area contributed by atoms with E-state index in [1.165, 1.54) is 0 Å². The van der Waals surface area contributed by atoms with Gasteiger partial charge in [0.05, 0.1) is 6.42 Å². The Morgan fingerprint density at radius 3 is 2.05 bits per heavy atom.